The summed E-state index contributed by atoms with van der Waals surface area (Å²) < 4.78 is 0. The van der Waals surface area contributed by atoms with Crippen molar-refractivity contribution < 1.29 is 4.79 Å². The van der Waals surface area contributed by atoms with E-state index in [0.29, 0.717) is 11.2 Å². The Morgan fingerprint density at radius 1 is 1.40 bits per heavy atom. The van der Waals surface area contributed by atoms with Crippen LogP contribution in [-0.2, 0) is 4.79 Å². The minimum absolute atomic E-state index is 0.272. The number of thioether (sulfide) groups is 1. The molecule has 1 nitrogen and oxygen atoms in total. The van der Waals surface area contributed by atoms with Crippen LogP contribution in [0.3, 0.4) is 0 Å². The predicted molar refractivity (Wildman–Crippen MR) is 47.5 cm³/mol. The van der Waals surface area contributed by atoms with Crippen LogP contribution in [0.4, 0.5) is 0 Å². The highest BCUT2D eigenvalue weighted by Gasteiger charge is 2.09. The van der Waals surface area contributed by atoms with E-state index in [-0.39, 0.29) is 5.78 Å². The lowest BCUT2D eigenvalue weighted by atomic mass is 10.0. The first kappa shape index (κ1) is 10.0. The molecule has 0 fully saturated rings. The Morgan fingerprint density at radius 2 is 1.90 bits per heavy atom. The molecule has 0 bridgehead atoms. The zero-order chi connectivity index (χ0) is 8.20. The lowest BCUT2D eigenvalue weighted by molar-refractivity contribution is -0.114. The van der Waals surface area contributed by atoms with Gasteiger partial charge in [0.1, 0.15) is 5.78 Å². The summed E-state index contributed by atoms with van der Waals surface area (Å²) in [7, 11) is 0. The summed E-state index contributed by atoms with van der Waals surface area (Å²) in [5, 5.41) is 0. The zero-order valence-corrected chi connectivity index (χ0v) is 8.05. The van der Waals surface area contributed by atoms with Crippen molar-refractivity contribution in [1.29, 1.82) is 0 Å². The number of ketones is 1. The lowest BCUT2D eigenvalue weighted by Crippen LogP contribution is -2.10. The molecule has 60 valence electrons. The summed E-state index contributed by atoms with van der Waals surface area (Å²) in [5.41, 5.74) is 0.347. The first-order valence-corrected chi connectivity index (χ1v) is 4.64. The highest BCUT2D eigenvalue weighted by Crippen LogP contribution is 2.19. The maximum absolute atomic E-state index is 10.5. The van der Waals surface area contributed by atoms with Gasteiger partial charge >= 0.3 is 0 Å². The normalized spacial score (nSPS) is 11.6. The van der Waals surface area contributed by atoms with Crippen molar-refractivity contribution >= 4 is 17.5 Å². The van der Waals surface area contributed by atoms with Gasteiger partial charge in [-0.05, 0) is 18.1 Å². The van der Waals surface area contributed by atoms with Gasteiger partial charge in [-0.2, -0.15) is 11.8 Å². The van der Waals surface area contributed by atoms with E-state index in [1.54, 1.807) is 18.7 Å². The summed E-state index contributed by atoms with van der Waals surface area (Å²) in [6.45, 7) is 8.18. The van der Waals surface area contributed by atoms with E-state index in [0.717, 1.165) is 5.75 Å². The van der Waals surface area contributed by atoms with Crippen LogP contribution in [0.5, 0.6) is 0 Å². The molecule has 0 rings (SSSR count). The second kappa shape index (κ2) is 4.02. The summed E-state index contributed by atoms with van der Waals surface area (Å²) in [4.78, 5) is 10.5. The molecule has 0 aromatic rings. The molecule has 0 aliphatic heterocycles. The maximum atomic E-state index is 10.5. The quantitative estimate of drug-likeness (QED) is 0.630. The highest BCUT2D eigenvalue weighted by molar-refractivity contribution is 7.99. The molecule has 0 radical (unpaired) electrons. The van der Waals surface area contributed by atoms with Gasteiger partial charge in [0.05, 0.1) is 5.75 Å². The molecule has 0 N–H and O–H groups in total. The molecule has 10 heavy (non-hydrogen) atoms. The number of carbonyl (C=O) groups is 1. The topological polar surface area (TPSA) is 17.1 Å². The van der Waals surface area contributed by atoms with Crippen molar-refractivity contribution in [2.75, 3.05) is 11.5 Å². The van der Waals surface area contributed by atoms with Crippen LogP contribution in [0.15, 0.2) is 0 Å². The van der Waals surface area contributed by atoms with Crippen LogP contribution >= 0.6 is 11.8 Å². The van der Waals surface area contributed by atoms with E-state index >= 15 is 0 Å². The Kier molecular flexibility index (Phi) is 4.02. The first-order chi connectivity index (χ1) is 4.42. The van der Waals surface area contributed by atoms with Gasteiger partial charge in [0, 0.05) is 0 Å². The van der Waals surface area contributed by atoms with Gasteiger partial charge in [-0.3, -0.25) is 4.79 Å². The third-order valence-corrected chi connectivity index (χ3v) is 2.52. The van der Waals surface area contributed by atoms with Gasteiger partial charge in [-0.15, -0.1) is 0 Å². The van der Waals surface area contributed by atoms with Crippen LogP contribution < -0.4 is 0 Å². The van der Waals surface area contributed by atoms with Crippen molar-refractivity contribution in [3.05, 3.63) is 0 Å². The predicted octanol–water partition coefficient (Wildman–Crippen LogP) is 2.35. The van der Waals surface area contributed by atoms with E-state index in [1.807, 2.05) is 0 Å². The smallest absolute Gasteiger partial charge is 0.139 e. The summed E-state index contributed by atoms with van der Waals surface area (Å²) in [6, 6.07) is 0. The molecule has 2 heteroatoms. The van der Waals surface area contributed by atoms with Gasteiger partial charge in [-0.25, -0.2) is 0 Å². The second-order valence-corrected chi connectivity index (χ2v) is 4.74. The molecule has 0 saturated heterocycles. The minimum atomic E-state index is 0.272. The van der Waals surface area contributed by atoms with Crippen LogP contribution in [0.25, 0.3) is 0 Å². The van der Waals surface area contributed by atoms with Crippen molar-refractivity contribution in [2.45, 2.75) is 27.7 Å². The van der Waals surface area contributed by atoms with Gasteiger partial charge in [-0.1, -0.05) is 20.8 Å². The van der Waals surface area contributed by atoms with Crippen LogP contribution in [-0.4, -0.2) is 17.3 Å². The molecule has 0 spiro atoms. The molecule has 0 amide bonds. The lowest BCUT2D eigenvalue weighted by Gasteiger charge is -2.16. The molecule has 0 atom stereocenters. The highest BCUT2D eigenvalue weighted by atomic mass is 32.2. The monoisotopic (exact) mass is 160 g/mol. The molecule has 0 aliphatic rings. The fourth-order valence-corrected chi connectivity index (χ4v) is 1.50. The number of rotatable bonds is 3. The van der Waals surface area contributed by atoms with E-state index in [2.05, 4.69) is 20.8 Å². The molecular weight excluding hydrogens is 144 g/mol. The van der Waals surface area contributed by atoms with Gasteiger partial charge in [0.15, 0.2) is 0 Å². The van der Waals surface area contributed by atoms with Gasteiger partial charge in [0.25, 0.3) is 0 Å². The number of hydrogen-bond donors (Lipinski definition) is 0. The first-order valence-electron chi connectivity index (χ1n) is 3.49. The average Bonchev–Trinajstić information content (AvgIpc) is 1.59. The number of carbonyl (C=O) groups excluding carboxylic acids is 1. The summed E-state index contributed by atoms with van der Waals surface area (Å²) in [5.74, 6) is 2.00. The Labute approximate surface area is 67.6 Å². The van der Waals surface area contributed by atoms with E-state index in [1.165, 1.54) is 0 Å². The SMILES string of the molecule is CC(=O)CSCC(C)(C)C. The molecule has 0 aromatic carbocycles. The average molecular weight is 160 g/mol. The minimum Gasteiger partial charge on any atom is -0.299 e. The summed E-state index contributed by atoms with van der Waals surface area (Å²) in [6.07, 6.45) is 0. The Hall–Kier alpha value is 0.0200. The van der Waals surface area contributed by atoms with Crippen molar-refractivity contribution in [3.63, 3.8) is 0 Å². The largest absolute Gasteiger partial charge is 0.299 e. The molecular formula is C8H16OS. The molecule has 0 aliphatic carbocycles. The van der Waals surface area contributed by atoms with Crippen molar-refractivity contribution in [3.8, 4) is 0 Å². The molecule has 0 unspecified atom stereocenters. The van der Waals surface area contributed by atoms with Crippen molar-refractivity contribution in [2.24, 2.45) is 5.41 Å². The fourth-order valence-electron chi connectivity index (χ4n) is 0.501. The summed E-state index contributed by atoms with van der Waals surface area (Å²) >= 11 is 1.72. The standard InChI is InChI=1S/C8H16OS/c1-7(9)5-10-6-8(2,3)4/h5-6H2,1-4H3. The molecule has 0 saturated carbocycles. The third kappa shape index (κ3) is 8.02. The number of Topliss-reactive ketones (excluding diaryl/α,β-unsaturated/α-hetero) is 1. The van der Waals surface area contributed by atoms with Crippen LogP contribution in [0.2, 0.25) is 0 Å². The van der Waals surface area contributed by atoms with Gasteiger partial charge < -0.3 is 0 Å². The van der Waals surface area contributed by atoms with E-state index < -0.39 is 0 Å². The van der Waals surface area contributed by atoms with E-state index in [9.17, 15) is 4.79 Å². The van der Waals surface area contributed by atoms with Crippen LogP contribution in [0, 0.1) is 5.41 Å². The Bertz CT molecular complexity index is 113. The fraction of sp³-hybridized carbons (Fsp3) is 0.875. The maximum Gasteiger partial charge on any atom is 0.139 e. The number of hydrogen-bond acceptors (Lipinski definition) is 2. The molecule has 0 heterocycles. The van der Waals surface area contributed by atoms with Crippen molar-refractivity contribution in [1.82, 2.24) is 0 Å². The Morgan fingerprint density at radius 3 is 2.20 bits per heavy atom. The second-order valence-electron chi connectivity index (χ2n) is 3.76. The van der Waals surface area contributed by atoms with Gasteiger partial charge in [0.2, 0.25) is 0 Å². The zero-order valence-electron chi connectivity index (χ0n) is 7.23. The molecule has 0 aromatic heterocycles. The Balaban J connectivity index is 3.29. The van der Waals surface area contributed by atoms with Crippen LogP contribution in [0.1, 0.15) is 27.7 Å². The third-order valence-electron chi connectivity index (χ3n) is 0.840. The van der Waals surface area contributed by atoms with E-state index in [4.69, 9.17) is 0 Å².